The lowest BCUT2D eigenvalue weighted by Gasteiger charge is -1.79. The monoisotopic (exact) mass is 119 g/mol. The first kappa shape index (κ1) is 15.7. The third-order valence-corrected chi connectivity index (χ3v) is 0. The maximum atomic E-state index is 2.75. The number of hydrogen-bond donors (Lipinski definition) is 1. The summed E-state index contributed by atoms with van der Waals surface area (Å²) >= 11 is 0. The van der Waals surface area contributed by atoms with Crippen molar-refractivity contribution in [3.63, 3.8) is 0 Å². The van der Waals surface area contributed by atoms with Crippen LogP contribution >= 0.6 is 0 Å². The van der Waals surface area contributed by atoms with Gasteiger partial charge in [-0.25, -0.2) is 0 Å². The van der Waals surface area contributed by atoms with Gasteiger partial charge in [-0.1, -0.05) is 28.2 Å². The van der Waals surface area contributed by atoms with E-state index in [-0.39, 0.29) is 7.43 Å². The van der Waals surface area contributed by atoms with E-state index in [0.717, 1.165) is 5.92 Å². The average molecular weight is 119 g/mol. The highest BCUT2D eigenvalue weighted by Gasteiger charge is 1.68. The minimum Gasteiger partial charge on any atom is -0.323 e. The van der Waals surface area contributed by atoms with E-state index in [1.54, 1.807) is 0 Å². The zero-order valence-electron chi connectivity index (χ0n) is 6.08. The molecule has 1 N–H and O–H groups in total. The Bertz CT molecular complexity index is 15.6. The van der Waals surface area contributed by atoms with Gasteiger partial charge in [0.2, 0.25) is 0 Å². The van der Waals surface area contributed by atoms with Crippen LogP contribution in [0.1, 0.15) is 28.2 Å². The Kier molecular flexibility index (Phi) is 30.9. The van der Waals surface area contributed by atoms with Gasteiger partial charge in [0.15, 0.2) is 0 Å². The highest BCUT2D eigenvalue weighted by molar-refractivity contribution is 4.20. The smallest absolute Gasteiger partial charge is 0.0167 e. The molecule has 1 nitrogen and oxygen atoms in total. The molecule has 0 radical (unpaired) electrons. The fourth-order valence-corrected chi connectivity index (χ4v) is 0. The summed E-state index contributed by atoms with van der Waals surface area (Å²) < 4.78 is 0. The second-order valence-electron chi connectivity index (χ2n) is 2.23. The minimum atomic E-state index is 0. The van der Waals surface area contributed by atoms with Crippen LogP contribution in [0.25, 0.3) is 0 Å². The maximum absolute atomic E-state index is 2.75. The molecule has 0 aromatic heterocycles. The first-order valence-corrected chi connectivity index (χ1v) is 2.73. The van der Waals surface area contributed by atoms with E-state index in [1.165, 1.54) is 0 Å². The molecule has 0 unspecified atom stereocenters. The van der Waals surface area contributed by atoms with E-state index in [4.69, 9.17) is 0 Å². The molecule has 0 aliphatic carbocycles. The van der Waals surface area contributed by atoms with Gasteiger partial charge in [0.05, 0.1) is 0 Å². The molecule has 54 valence electrons. The molecule has 0 atom stereocenters. The Hall–Kier alpha value is -0.0400. The highest BCUT2D eigenvalue weighted by Crippen LogP contribution is 1.81. The first-order valence-electron chi connectivity index (χ1n) is 2.73. The Labute approximate surface area is 54.5 Å². The van der Waals surface area contributed by atoms with Gasteiger partial charge in [-0.3, -0.25) is 0 Å². The zero-order valence-corrected chi connectivity index (χ0v) is 6.08. The number of rotatable bonds is 0. The fourth-order valence-electron chi connectivity index (χ4n) is 0. The van der Waals surface area contributed by atoms with Crippen molar-refractivity contribution in [1.29, 1.82) is 0 Å². The molecule has 0 fully saturated rings. The average Bonchev–Trinajstić information content (AvgIpc) is 1.33. The van der Waals surface area contributed by atoms with Gasteiger partial charge >= 0.3 is 0 Å². The van der Waals surface area contributed by atoms with Crippen molar-refractivity contribution in [1.82, 2.24) is 5.32 Å². The van der Waals surface area contributed by atoms with E-state index < -0.39 is 0 Å². The third-order valence-electron chi connectivity index (χ3n) is 0. The van der Waals surface area contributed by atoms with E-state index in [0.29, 0.717) is 0 Å². The zero-order chi connectivity index (χ0) is 6.28. The van der Waals surface area contributed by atoms with Gasteiger partial charge in [0.25, 0.3) is 0 Å². The number of hydrogen-bond acceptors (Lipinski definition) is 1. The molecule has 8 heavy (non-hydrogen) atoms. The molecule has 0 aliphatic heterocycles. The lowest BCUT2D eigenvalue weighted by atomic mass is 10.3. The van der Waals surface area contributed by atoms with Gasteiger partial charge < -0.3 is 5.32 Å². The van der Waals surface area contributed by atoms with Crippen molar-refractivity contribution in [2.24, 2.45) is 5.92 Å². The summed E-state index contributed by atoms with van der Waals surface area (Å²) in [6.45, 7) is 6.50. The van der Waals surface area contributed by atoms with E-state index in [2.05, 4.69) is 26.1 Å². The summed E-state index contributed by atoms with van der Waals surface area (Å²) in [5.41, 5.74) is 0. The molecule has 0 rings (SSSR count). The Morgan fingerprint density at radius 3 is 1.00 bits per heavy atom. The fraction of sp³-hybridized carbons (Fsp3) is 1.00. The van der Waals surface area contributed by atoms with Crippen molar-refractivity contribution >= 4 is 0 Å². The van der Waals surface area contributed by atoms with E-state index in [1.807, 2.05) is 14.1 Å². The summed E-state index contributed by atoms with van der Waals surface area (Å²) in [4.78, 5) is 0. The maximum Gasteiger partial charge on any atom is -0.0167 e. The summed E-state index contributed by atoms with van der Waals surface area (Å²) in [5, 5.41) is 2.75. The standard InChI is InChI=1S/C4H10.C2H7N.CH4/c1-4(2)3;1-3-2;/h4H,1-3H3;3H,1-2H3;1H4. The molecule has 0 saturated carbocycles. The molecule has 0 aromatic rings. The molecule has 0 aromatic carbocycles. The minimum absolute atomic E-state index is 0. The van der Waals surface area contributed by atoms with Crippen molar-refractivity contribution in [3.05, 3.63) is 0 Å². The lowest BCUT2D eigenvalue weighted by molar-refractivity contribution is 0.737. The molecule has 0 spiro atoms. The van der Waals surface area contributed by atoms with Gasteiger partial charge in [0.1, 0.15) is 0 Å². The second kappa shape index (κ2) is 15.8. The summed E-state index contributed by atoms with van der Waals surface area (Å²) in [5.74, 6) is 0.833. The SMILES string of the molecule is C.CC(C)C.CNC. The van der Waals surface area contributed by atoms with Gasteiger partial charge in [0, 0.05) is 0 Å². The van der Waals surface area contributed by atoms with Crippen LogP contribution in [0.5, 0.6) is 0 Å². The van der Waals surface area contributed by atoms with Gasteiger partial charge in [-0.2, -0.15) is 0 Å². The largest absolute Gasteiger partial charge is 0.323 e. The van der Waals surface area contributed by atoms with Crippen molar-refractivity contribution < 1.29 is 0 Å². The third kappa shape index (κ3) is 91600. The van der Waals surface area contributed by atoms with Gasteiger partial charge in [-0.15, -0.1) is 0 Å². The molecule has 0 aliphatic rings. The first-order chi connectivity index (χ1) is 3.15. The molecular formula is C7H21N. The van der Waals surface area contributed by atoms with Crippen LogP contribution < -0.4 is 5.32 Å². The van der Waals surface area contributed by atoms with Crippen LogP contribution in [-0.2, 0) is 0 Å². The van der Waals surface area contributed by atoms with E-state index in [9.17, 15) is 0 Å². The van der Waals surface area contributed by atoms with Crippen molar-refractivity contribution in [2.75, 3.05) is 14.1 Å². The lowest BCUT2D eigenvalue weighted by Crippen LogP contribution is -1.89. The predicted octanol–water partition coefficient (Wildman–Crippen LogP) is 2.13. The van der Waals surface area contributed by atoms with Crippen LogP contribution in [0, 0.1) is 5.92 Å². The normalized spacial score (nSPS) is 6.75. The molecule has 0 saturated heterocycles. The number of nitrogens with one attached hydrogen (secondary N) is 1. The highest BCUT2D eigenvalue weighted by atomic mass is 14.7. The van der Waals surface area contributed by atoms with Crippen molar-refractivity contribution in [2.45, 2.75) is 28.2 Å². The van der Waals surface area contributed by atoms with Crippen molar-refractivity contribution in [3.8, 4) is 0 Å². The second-order valence-corrected chi connectivity index (χ2v) is 2.23. The van der Waals surface area contributed by atoms with Crippen LogP contribution in [-0.4, -0.2) is 14.1 Å². The molecule has 1 heteroatoms. The van der Waals surface area contributed by atoms with Crippen LogP contribution in [0.3, 0.4) is 0 Å². The van der Waals surface area contributed by atoms with Gasteiger partial charge in [-0.05, 0) is 20.0 Å². The predicted molar refractivity (Wildman–Crippen MR) is 42.2 cm³/mol. The summed E-state index contributed by atoms with van der Waals surface area (Å²) in [7, 11) is 3.75. The topological polar surface area (TPSA) is 12.0 Å². The Morgan fingerprint density at radius 1 is 1.00 bits per heavy atom. The molecule has 0 heterocycles. The van der Waals surface area contributed by atoms with Crippen LogP contribution in [0.4, 0.5) is 0 Å². The Morgan fingerprint density at radius 2 is 1.00 bits per heavy atom. The summed E-state index contributed by atoms with van der Waals surface area (Å²) in [6, 6.07) is 0. The van der Waals surface area contributed by atoms with E-state index >= 15 is 0 Å². The Balaban J connectivity index is -0.0000000575. The quantitative estimate of drug-likeness (QED) is 0.515. The molecular weight excluding hydrogens is 98.1 g/mol. The molecule has 0 amide bonds. The molecule has 0 bridgehead atoms. The van der Waals surface area contributed by atoms with Crippen LogP contribution in [0.2, 0.25) is 0 Å². The summed E-state index contributed by atoms with van der Waals surface area (Å²) in [6.07, 6.45) is 0. The van der Waals surface area contributed by atoms with Crippen LogP contribution in [0.15, 0.2) is 0 Å².